The molecule has 0 saturated carbocycles. The summed E-state index contributed by atoms with van der Waals surface area (Å²) in [6.45, 7) is 7.10. The number of halogens is 1. The van der Waals surface area contributed by atoms with Gasteiger partial charge in [-0.2, -0.15) is 0 Å². The second-order valence-electron chi connectivity index (χ2n) is 5.63. The Morgan fingerprint density at radius 2 is 2.00 bits per heavy atom. The molecule has 4 nitrogen and oxygen atoms in total. The standard InChI is InChI=1S/C14H22BrNO3/c1-14(2,3)13(18)8-16-7-9-5-12(19-4)11(17)6-10(9)15/h5-6,13,16-18H,7-8H2,1-4H3. The lowest BCUT2D eigenvalue weighted by molar-refractivity contribution is 0.0627. The van der Waals surface area contributed by atoms with E-state index in [-0.39, 0.29) is 11.2 Å². The van der Waals surface area contributed by atoms with Crippen LogP contribution >= 0.6 is 15.9 Å². The number of aliphatic hydroxyl groups excluding tert-OH is 1. The summed E-state index contributed by atoms with van der Waals surface area (Å²) in [7, 11) is 1.52. The van der Waals surface area contributed by atoms with Crippen LogP contribution in [0.1, 0.15) is 26.3 Å². The summed E-state index contributed by atoms with van der Waals surface area (Å²) in [5.74, 6) is 0.546. The van der Waals surface area contributed by atoms with Crippen LogP contribution in [-0.4, -0.2) is 30.0 Å². The molecule has 1 unspecified atom stereocenters. The number of benzene rings is 1. The molecule has 1 aromatic carbocycles. The molecule has 0 bridgehead atoms. The smallest absolute Gasteiger partial charge is 0.160 e. The van der Waals surface area contributed by atoms with Gasteiger partial charge in [0.1, 0.15) is 0 Å². The minimum absolute atomic E-state index is 0.104. The van der Waals surface area contributed by atoms with E-state index < -0.39 is 6.10 Å². The highest BCUT2D eigenvalue weighted by Gasteiger charge is 2.21. The number of rotatable bonds is 5. The number of nitrogens with one attached hydrogen (secondary N) is 1. The van der Waals surface area contributed by atoms with Crippen molar-refractivity contribution in [2.45, 2.75) is 33.4 Å². The number of hydrogen-bond donors (Lipinski definition) is 3. The summed E-state index contributed by atoms with van der Waals surface area (Å²) in [5, 5.41) is 22.8. The number of aromatic hydroxyl groups is 1. The number of hydrogen-bond acceptors (Lipinski definition) is 4. The van der Waals surface area contributed by atoms with E-state index in [2.05, 4.69) is 21.2 Å². The molecule has 3 N–H and O–H groups in total. The van der Waals surface area contributed by atoms with Crippen LogP contribution in [0.15, 0.2) is 16.6 Å². The highest BCUT2D eigenvalue weighted by Crippen LogP contribution is 2.32. The Balaban J connectivity index is 2.63. The van der Waals surface area contributed by atoms with Crippen molar-refractivity contribution in [2.75, 3.05) is 13.7 Å². The van der Waals surface area contributed by atoms with Crippen molar-refractivity contribution in [3.63, 3.8) is 0 Å². The van der Waals surface area contributed by atoms with Gasteiger partial charge in [-0.25, -0.2) is 0 Å². The molecule has 0 amide bonds. The maximum absolute atomic E-state index is 9.94. The van der Waals surface area contributed by atoms with Crippen LogP contribution in [0.2, 0.25) is 0 Å². The Kier molecular flexibility index (Phi) is 5.64. The van der Waals surface area contributed by atoms with Gasteiger partial charge in [0, 0.05) is 17.6 Å². The molecule has 19 heavy (non-hydrogen) atoms. The third-order valence-electron chi connectivity index (χ3n) is 3.00. The molecule has 0 heterocycles. The molecule has 5 heteroatoms. The average molecular weight is 332 g/mol. The first kappa shape index (κ1) is 16.3. The molecule has 1 aromatic rings. The van der Waals surface area contributed by atoms with E-state index in [1.807, 2.05) is 20.8 Å². The molecule has 0 spiro atoms. The first-order valence-electron chi connectivity index (χ1n) is 6.20. The summed E-state index contributed by atoms with van der Waals surface area (Å²) >= 11 is 3.40. The number of phenolic OH excluding ortho intramolecular Hbond substituents is 1. The predicted molar refractivity (Wildman–Crippen MR) is 79.5 cm³/mol. The molecule has 108 valence electrons. The molecule has 0 fully saturated rings. The lowest BCUT2D eigenvalue weighted by Crippen LogP contribution is -2.36. The zero-order valence-electron chi connectivity index (χ0n) is 11.8. The van der Waals surface area contributed by atoms with Crippen LogP contribution in [-0.2, 0) is 6.54 Å². The first-order valence-corrected chi connectivity index (χ1v) is 6.99. The van der Waals surface area contributed by atoms with Crippen molar-refractivity contribution in [1.82, 2.24) is 5.32 Å². The van der Waals surface area contributed by atoms with E-state index in [1.54, 1.807) is 12.1 Å². The zero-order valence-corrected chi connectivity index (χ0v) is 13.4. The summed E-state index contributed by atoms with van der Waals surface area (Å²) in [4.78, 5) is 0. The topological polar surface area (TPSA) is 61.7 Å². The molecule has 1 atom stereocenters. The minimum atomic E-state index is -0.412. The van der Waals surface area contributed by atoms with E-state index in [9.17, 15) is 10.2 Å². The van der Waals surface area contributed by atoms with Gasteiger partial charge in [-0.3, -0.25) is 0 Å². The molecular formula is C14H22BrNO3. The average Bonchev–Trinajstić information content (AvgIpc) is 2.30. The molecule has 1 rings (SSSR count). The lowest BCUT2D eigenvalue weighted by Gasteiger charge is -2.26. The fraction of sp³-hybridized carbons (Fsp3) is 0.571. The maximum atomic E-state index is 9.94. The highest BCUT2D eigenvalue weighted by molar-refractivity contribution is 9.10. The number of aliphatic hydroxyl groups is 1. The second kappa shape index (κ2) is 6.59. The van der Waals surface area contributed by atoms with Gasteiger partial charge in [0.05, 0.1) is 13.2 Å². The van der Waals surface area contributed by atoms with Crippen molar-refractivity contribution in [2.24, 2.45) is 5.41 Å². The monoisotopic (exact) mass is 331 g/mol. The molecule has 0 aliphatic heterocycles. The predicted octanol–water partition coefficient (Wildman–Crippen LogP) is 2.66. The zero-order chi connectivity index (χ0) is 14.6. The maximum Gasteiger partial charge on any atom is 0.160 e. The lowest BCUT2D eigenvalue weighted by atomic mass is 9.89. The van der Waals surface area contributed by atoms with Crippen molar-refractivity contribution in [3.8, 4) is 11.5 Å². The van der Waals surface area contributed by atoms with Gasteiger partial charge in [-0.05, 0) is 23.1 Å². The van der Waals surface area contributed by atoms with Crippen molar-refractivity contribution in [3.05, 3.63) is 22.2 Å². The van der Waals surface area contributed by atoms with Gasteiger partial charge in [-0.1, -0.05) is 36.7 Å². The fourth-order valence-electron chi connectivity index (χ4n) is 1.53. The van der Waals surface area contributed by atoms with Crippen LogP contribution in [0.4, 0.5) is 0 Å². The van der Waals surface area contributed by atoms with Gasteiger partial charge in [-0.15, -0.1) is 0 Å². The number of methoxy groups -OCH3 is 1. The Bertz CT molecular complexity index is 429. The first-order chi connectivity index (χ1) is 8.75. The van der Waals surface area contributed by atoms with Gasteiger partial charge in [0.2, 0.25) is 0 Å². The largest absolute Gasteiger partial charge is 0.504 e. The van der Waals surface area contributed by atoms with E-state index in [4.69, 9.17) is 4.74 Å². The van der Waals surface area contributed by atoms with Crippen molar-refractivity contribution >= 4 is 15.9 Å². The van der Waals surface area contributed by atoms with E-state index in [1.165, 1.54) is 7.11 Å². The van der Waals surface area contributed by atoms with Crippen LogP contribution < -0.4 is 10.1 Å². The molecule has 0 radical (unpaired) electrons. The molecular weight excluding hydrogens is 310 g/mol. The minimum Gasteiger partial charge on any atom is -0.504 e. The third kappa shape index (κ3) is 4.67. The van der Waals surface area contributed by atoms with Gasteiger partial charge >= 0.3 is 0 Å². The summed E-state index contributed by atoms with van der Waals surface area (Å²) in [6.07, 6.45) is -0.412. The summed E-state index contributed by atoms with van der Waals surface area (Å²) < 4.78 is 5.88. The van der Waals surface area contributed by atoms with Crippen LogP contribution in [0.3, 0.4) is 0 Å². The molecule has 0 saturated heterocycles. The summed E-state index contributed by atoms with van der Waals surface area (Å²) in [6, 6.07) is 3.38. The van der Waals surface area contributed by atoms with Crippen LogP contribution in [0.25, 0.3) is 0 Å². The Hall–Kier alpha value is -0.780. The fourth-order valence-corrected chi connectivity index (χ4v) is 2.01. The molecule has 0 aromatic heterocycles. The van der Waals surface area contributed by atoms with Crippen LogP contribution in [0, 0.1) is 5.41 Å². The Morgan fingerprint density at radius 3 is 2.53 bits per heavy atom. The molecule has 0 aliphatic rings. The number of ether oxygens (including phenoxy) is 1. The highest BCUT2D eigenvalue weighted by atomic mass is 79.9. The van der Waals surface area contributed by atoms with Crippen molar-refractivity contribution in [1.29, 1.82) is 0 Å². The van der Waals surface area contributed by atoms with Gasteiger partial charge in [0.15, 0.2) is 11.5 Å². The number of phenols is 1. The summed E-state index contributed by atoms with van der Waals surface area (Å²) in [5.41, 5.74) is 0.826. The second-order valence-corrected chi connectivity index (χ2v) is 6.48. The normalized spacial score (nSPS) is 13.4. The van der Waals surface area contributed by atoms with E-state index >= 15 is 0 Å². The van der Waals surface area contributed by atoms with Gasteiger partial charge in [0.25, 0.3) is 0 Å². The quantitative estimate of drug-likeness (QED) is 0.776. The van der Waals surface area contributed by atoms with Crippen molar-refractivity contribution < 1.29 is 14.9 Å². The third-order valence-corrected chi connectivity index (χ3v) is 3.74. The van der Waals surface area contributed by atoms with E-state index in [0.717, 1.165) is 10.0 Å². The Morgan fingerprint density at radius 1 is 1.37 bits per heavy atom. The molecule has 0 aliphatic carbocycles. The van der Waals surface area contributed by atoms with E-state index in [0.29, 0.717) is 18.8 Å². The Labute approximate surface area is 122 Å². The van der Waals surface area contributed by atoms with Crippen LogP contribution in [0.5, 0.6) is 11.5 Å². The van der Waals surface area contributed by atoms with Gasteiger partial charge < -0.3 is 20.3 Å². The SMILES string of the molecule is COc1cc(CNCC(O)C(C)(C)C)c(Br)cc1O.